The molecule has 4 heterocycles. The normalized spacial score (nSPS) is 16.2. The number of piperidine rings is 1. The van der Waals surface area contributed by atoms with Crippen molar-refractivity contribution in [2.45, 2.75) is 25.8 Å². The van der Waals surface area contributed by atoms with Gasteiger partial charge in [-0.25, -0.2) is 27.8 Å². The average Bonchev–Trinajstić information content (AvgIpc) is 3.24. The summed E-state index contributed by atoms with van der Waals surface area (Å²) in [6.07, 6.45) is 7.10. The molecule has 10 heteroatoms. The standard InChI is InChI=1S/C17H21N7O2S/c1-27(25,26)21-11-15-22-14-10-20-17-13(3-7-19-17)16(14)24(15)23-8-4-12(2-6-18)5-9-23/h3,7,10,12,21H,2,4-5,8-9,11H2,1H3,(H,19,20). The van der Waals surface area contributed by atoms with Crippen molar-refractivity contribution in [1.82, 2.24) is 24.4 Å². The van der Waals surface area contributed by atoms with E-state index in [-0.39, 0.29) is 6.54 Å². The van der Waals surface area contributed by atoms with Crippen molar-refractivity contribution in [3.8, 4) is 6.07 Å². The SMILES string of the molecule is CS(=O)(=O)NCc1nc2cnc3[nH]ccc3c2n1N1CCC(CC#N)CC1. The van der Waals surface area contributed by atoms with Crippen LogP contribution in [-0.2, 0) is 16.6 Å². The minimum atomic E-state index is -3.33. The molecule has 3 aromatic heterocycles. The van der Waals surface area contributed by atoms with E-state index >= 15 is 0 Å². The Morgan fingerprint density at radius 1 is 1.41 bits per heavy atom. The van der Waals surface area contributed by atoms with Crippen molar-refractivity contribution < 1.29 is 8.42 Å². The fourth-order valence-electron chi connectivity index (χ4n) is 3.67. The van der Waals surface area contributed by atoms with Gasteiger partial charge < -0.3 is 9.99 Å². The largest absolute Gasteiger partial charge is 0.346 e. The van der Waals surface area contributed by atoms with Crippen LogP contribution in [0.15, 0.2) is 18.5 Å². The minimum Gasteiger partial charge on any atom is -0.346 e. The maximum absolute atomic E-state index is 11.6. The lowest BCUT2D eigenvalue weighted by molar-refractivity contribution is 0.367. The van der Waals surface area contributed by atoms with Crippen molar-refractivity contribution in [2.75, 3.05) is 24.4 Å². The minimum absolute atomic E-state index is 0.109. The number of pyridine rings is 1. The smallest absolute Gasteiger partial charge is 0.209 e. The van der Waals surface area contributed by atoms with Crippen molar-refractivity contribution in [2.24, 2.45) is 5.92 Å². The maximum Gasteiger partial charge on any atom is 0.209 e. The lowest BCUT2D eigenvalue weighted by Gasteiger charge is -2.34. The Labute approximate surface area is 157 Å². The van der Waals surface area contributed by atoms with Gasteiger partial charge in [0.1, 0.15) is 22.5 Å². The van der Waals surface area contributed by atoms with E-state index in [1.165, 1.54) is 0 Å². The number of nitriles is 1. The molecule has 0 atom stereocenters. The van der Waals surface area contributed by atoms with E-state index in [0.717, 1.165) is 54.3 Å². The van der Waals surface area contributed by atoms with Gasteiger partial charge in [-0.2, -0.15) is 5.26 Å². The van der Waals surface area contributed by atoms with E-state index in [0.29, 0.717) is 18.2 Å². The first-order valence-electron chi connectivity index (χ1n) is 8.86. The molecular weight excluding hydrogens is 366 g/mol. The molecule has 0 unspecified atom stereocenters. The highest BCUT2D eigenvalue weighted by molar-refractivity contribution is 7.88. The Hall–Kier alpha value is -2.64. The highest BCUT2D eigenvalue weighted by Crippen LogP contribution is 2.27. The molecule has 27 heavy (non-hydrogen) atoms. The summed E-state index contributed by atoms with van der Waals surface area (Å²) in [7, 11) is -3.33. The third-order valence-electron chi connectivity index (χ3n) is 4.99. The van der Waals surface area contributed by atoms with Gasteiger partial charge in [-0.1, -0.05) is 0 Å². The molecule has 1 aliphatic rings. The van der Waals surface area contributed by atoms with Crippen LogP contribution < -0.4 is 9.73 Å². The zero-order valence-electron chi connectivity index (χ0n) is 15.0. The van der Waals surface area contributed by atoms with Gasteiger partial charge in [-0.05, 0) is 24.8 Å². The van der Waals surface area contributed by atoms with Crippen molar-refractivity contribution in [3.63, 3.8) is 0 Å². The van der Waals surface area contributed by atoms with Crippen LogP contribution in [0.5, 0.6) is 0 Å². The molecule has 0 saturated carbocycles. The Morgan fingerprint density at radius 3 is 2.89 bits per heavy atom. The first kappa shape index (κ1) is 17.8. The van der Waals surface area contributed by atoms with Gasteiger partial charge >= 0.3 is 0 Å². The molecule has 142 valence electrons. The summed E-state index contributed by atoms with van der Waals surface area (Å²) >= 11 is 0. The van der Waals surface area contributed by atoms with Crippen molar-refractivity contribution in [1.29, 1.82) is 5.26 Å². The fraction of sp³-hybridized carbons (Fsp3) is 0.471. The Kier molecular flexibility index (Phi) is 4.49. The summed E-state index contributed by atoms with van der Waals surface area (Å²) in [5, 5.41) is 12.1. The Morgan fingerprint density at radius 2 is 2.19 bits per heavy atom. The van der Waals surface area contributed by atoms with Crippen LogP contribution in [0.25, 0.3) is 22.1 Å². The van der Waals surface area contributed by atoms with E-state index in [9.17, 15) is 8.42 Å². The van der Waals surface area contributed by atoms with E-state index < -0.39 is 10.0 Å². The summed E-state index contributed by atoms with van der Waals surface area (Å²) in [5.74, 6) is 1.04. The molecule has 1 aliphatic heterocycles. The number of rotatable bonds is 5. The summed E-state index contributed by atoms with van der Waals surface area (Å²) in [6.45, 7) is 1.69. The summed E-state index contributed by atoms with van der Waals surface area (Å²) in [5.41, 5.74) is 2.42. The average molecular weight is 387 g/mol. The van der Waals surface area contributed by atoms with Crippen molar-refractivity contribution >= 4 is 32.1 Å². The van der Waals surface area contributed by atoms with Crippen LogP contribution in [0.3, 0.4) is 0 Å². The summed E-state index contributed by atoms with van der Waals surface area (Å²) < 4.78 is 27.7. The maximum atomic E-state index is 11.6. The van der Waals surface area contributed by atoms with E-state index in [1.54, 1.807) is 6.20 Å². The lowest BCUT2D eigenvalue weighted by Crippen LogP contribution is -2.43. The van der Waals surface area contributed by atoms with Crippen molar-refractivity contribution in [3.05, 3.63) is 24.3 Å². The van der Waals surface area contributed by atoms with Gasteiger partial charge in [0, 0.05) is 31.1 Å². The molecule has 2 N–H and O–H groups in total. The van der Waals surface area contributed by atoms with Gasteiger partial charge in [0.05, 0.1) is 25.1 Å². The quantitative estimate of drug-likeness (QED) is 0.679. The van der Waals surface area contributed by atoms with E-state index in [4.69, 9.17) is 5.26 Å². The van der Waals surface area contributed by atoms with Crippen LogP contribution in [0.2, 0.25) is 0 Å². The molecule has 0 amide bonds. The zero-order chi connectivity index (χ0) is 19.0. The molecule has 3 aromatic rings. The molecule has 0 bridgehead atoms. The van der Waals surface area contributed by atoms with Gasteiger partial charge in [0.25, 0.3) is 0 Å². The third-order valence-corrected chi connectivity index (χ3v) is 5.66. The number of sulfonamides is 1. The number of H-pyrrole nitrogens is 1. The Balaban J connectivity index is 1.78. The number of imidazole rings is 1. The molecule has 9 nitrogen and oxygen atoms in total. The van der Waals surface area contributed by atoms with Gasteiger partial charge in [0.15, 0.2) is 0 Å². The second-order valence-electron chi connectivity index (χ2n) is 6.92. The van der Waals surface area contributed by atoms with Gasteiger partial charge in [-0.3, -0.25) is 0 Å². The molecule has 0 aliphatic carbocycles. The third kappa shape index (κ3) is 3.48. The number of aromatic amines is 1. The first-order valence-corrected chi connectivity index (χ1v) is 10.8. The van der Waals surface area contributed by atoms with Crippen LogP contribution in [0.1, 0.15) is 25.1 Å². The highest BCUT2D eigenvalue weighted by Gasteiger charge is 2.24. The second-order valence-corrected chi connectivity index (χ2v) is 8.76. The van der Waals surface area contributed by atoms with Crippen LogP contribution in [-0.4, -0.2) is 47.4 Å². The van der Waals surface area contributed by atoms with Gasteiger partial charge in [0.2, 0.25) is 10.0 Å². The molecule has 0 spiro atoms. The molecule has 0 aromatic carbocycles. The number of hydrogen-bond donors (Lipinski definition) is 2. The molecule has 1 fully saturated rings. The first-order chi connectivity index (χ1) is 13.0. The number of nitrogens with one attached hydrogen (secondary N) is 2. The van der Waals surface area contributed by atoms with Crippen LogP contribution >= 0.6 is 0 Å². The van der Waals surface area contributed by atoms with Crippen LogP contribution in [0, 0.1) is 17.2 Å². The predicted octanol–water partition coefficient (Wildman–Crippen LogP) is 1.22. The topological polar surface area (TPSA) is 120 Å². The monoisotopic (exact) mass is 387 g/mol. The molecular formula is C17H21N7O2S. The molecule has 1 saturated heterocycles. The summed E-state index contributed by atoms with van der Waals surface area (Å²) in [6, 6.07) is 4.22. The fourth-order valence-corrected chi connectivity index (χ4v) is 4.06. The highest BCUT2D eigenvalue weighted by atomic mass is 32.2. The van der Waals surface area contributed by atoms with Gasteiger partial charge in [-0.15, -0.1) is 0 Å². The number of fused-ring (bicyclic) bond motifs is 3. The molecule has 0 radical (unpaired) electrons. The van der Waals surface area contributed by atoms with Crippen LogP contribution in [0.4, 0.5) is 0 Å². The number of hydrogen-bond acceptors (Lipinski definition) is 6. The summed E-state index contributed by atoms with van der Waals surface area (Å²) in [4.78, 5) is 12.1. The second kappa shape index (κ2) is 6.83. The lowest BCUT2D eigenvalue weighted by atomic mass is 9.95. The zero-order valence-corrected chi connectivity index (χ0v) is 15.8. The molecule has 4 rings (SSSR count). The number of aromatic nitrogens is 4. The number of nitrogens with zero attached hydrogens (tertiary/aromatic N) is 5. The van der Waals surface area contributed by atoms with E-state index in [1.807, 2.05) is 16.9 Å². The Bertz CT molecular complexity index is 1120. The van der Waals surface area contributed by atoms with E-state index in [2.05, 4.69) is 30.8 Å². The predicted molar refractivity (Wildman–Crippen MR) is 102 cm³/mol.